The van der Waals surface area contributed by atoms with Crippen LogP contribution in [0.3, 0.4) is 0 Å². The van der Waals surface area contributed by atoms with E-state index in [1.807, 2.05) is 24.3 Å². The molecule has 3 aromatic carbocycles. The highest BCUT2D eigenvalue weighted by molar-refractivity contribution is 8.00. The molecule has 3 aromatic rings. The van der Waals surface area contributed by atoms with E-state index in [1.165, 1.54) is 11.8 Å². The van der Waals surface area contributed by atoms with Crippen molar-refractivity contribution < 1.29 is 28.6 Å². The molecule has 0 atom stereocenters. The van der Waals surface area contributed by atoms with Crippen LogP contribution in [0, 0.1) is 0 Å². The molecule has 0 radical (unpaired) electrons. The number of amides is 1. The molecule has 0 saturated carbocycles. The fourth-order valence-electron chi connectivity index (χ4n) is 3.25. The van der Waals surface area contributed by atoms with Gasteiger partial charge < -0.3 is 19.5 Å². The first-order valence-electron chi connectivity index (χ1n) is 11.0. The highest BCUT2D eigenvalue weighted by Gasteiger charge is 2.16. The Hall–Kier alpha value is -3.78. The lowest BCUT2D eigenvalue weighted by molar-refractivity contribution is -0.118. The Morgan fingerprint density at radius 3 is 2.31 bits per heavy atom. The van der Waals surface area contributed by atoms with Crippen LogP contribution in [0.4, 0.5) is 0 Å². The molecule has 0 heterocycles. The maximum Gasteiger partial charge on any atom is 0.339 e. The number of benzene rings is 3. The Labute approximate surface area is 208 Å². The molecule has 182 valence electrons. The zero-order valence-electron chi connectivity index (χ0n) is 19.6. The number of hydrogen-bond donors (Lipinski definition) is 1. The molecule has 0 fully saturated rings. The van der Waals surface area contributed by atoms with Crippen molar-refractivity contribution >= 4 is 29.4 Å². The van der Waals surface area contributed by atoms with Crippen LogP contribution in [0.15, 0.2) is 77.7 Å². The average molecular weight is 494 g/mol. The number of ether oxygens (including phenoxy) is 3. The summed E-state index contributed by atoms with van der Waals surface area (Å²) in [5, 5.41) is 2.88. The molecular weight excluding hydrogens is 466 g/mol. The SMILES string of the molecule is COc1ccc(CCNC(=O)CSc2ccccc2C(=O)OCC(=O)c2ccccc2)cc1OC. The summed E-state index contributed by atoms with van der Waals surface area (Å²) in [4.78, 5) is 37.7. The van der Waals surface area contributed by atoms with Crippen LogP contribution in [0.5, 0.6) is 11.5 Å². The minimum Gasteiger partial charge on any atom is -0.493 e. The lowest BCUT2D eigenvalue weighted by Crippen LogP contribution is -2.27. The molecule has 35 heavy (non-hydrogen) atoms. The molecule has 0 bridgehead atoms. The number of esters is 1. The number of rotatable bonds is 12. The maximum absolute atomic E-state index is 12.6. The van der Waals surface area contributed by atoms with Crippen molar-refractivity contribution in [2.24, 2.45) is 0 Å². The van der Waals surface area contributed by atoms with Gasteiger partial charge in [0.2, 0.25) is 5.91 Å². The number of thioether (sulfide) groups is 1. The van der Waals surface area contributed by atoms with Crippen molar-refractivity contribution in [3.63, 3.8) is 0 Å². The van der Waals surface area contributed by atoms with Crippen LogP contribution >= 0.6 is 11.8 Å². The molecule has 0 saturated heterocycles. The third-order valence-electron chi connectivity index (χ3n) is 5.08. The van der Waals surface area contributed by atoms with E-state index >= 15 is 0 Å². The van der Waals surface area contributed by atoms with Gasteiger partial charge in [0.05, 0.1) is 25.5 Å². The fraction of sp³-hybridized carbons (Fsp3) is 0.222. The van der Waals surface area contributed by atoms with E-state index in [4.69, 9.17) is 14.2 Å². The van der Waals surface area contributed by atoms with Crippen LogP contribution in [0.2, 0.25) is 0 Å². The number of carbonyl (C=O) groups excluding carboxylic acids is 3. The Bertz CT molecular complexity index is 1170. The van der Waals surface area contributed by atoms with Gasteiger partial charge in [0.15, 0.2) is 23.9 Å². The minimum atomic E-state index is -0.605. The van der Waals surface area contributed by atoms with Gasteiger partial charge in [0.1, 0.15) is 0 Å². The summed E-state index contributed by atoms with van der Waals surface area (Å²) in [5.74, 6) is 0.389. The molecule has 1 N–H and O–H groups in total. The number of nitrogens with one attached hydrogen (secondary N) is 1. The topological polar surface area (TPSA) is 90.9 Å². The quantitative estimate of drug-likeness (QED) is 0.230. The van der Waals surface area contributed by atoms with E-state index in [-0.39, 0.29) is 24.1 Å². The van der Waals surface area contributed by atoms with Crippen molar-refractivity contribution in [3.8, 4) is 11.5 Å². The summed E-state index contributed by atoms with van der Waals surface area (Å²) in [6, 6.07) is 21.1. The van der Waals surface area contributed by atoms with Gasteiger partial charge in [-0.25, -0.2) is 4.79 Å². The van der Waals surface area contributed by atoms with Gasteiger partial charge in [-0.2, -0.15) is 0 Å². The van der Waals surface area contributed by atoms with Crippen LogP contribution in [0.1, 0.15) is 26.3 Å². The summed E-state index contributed by atoms with van der Waals surface area (Å²) in [7, 11) is 3.16. The van der Waals surface area contributed by atoms with Crippen molar-refractivity contribution in [2.45, 2.75) is 11.3 Å². The third-order valence-corrected chi connectivity index (χ3v) is 6.15. The molecule has 0 spiro atoms. The zero-order chi connectivity index (χ0) is 25.0. The number of Topliss-reactive ketones (excluding diaryl/α,β-unsaturated/α-hetero) is 1. The first-order chi connectivity index (χ1) is 17.0. The zero-order valence-corrected chi connectivity index (χ0v) is 20.4. The van der Waals surface area contributed by atoms with Gasteiger partial charge >= 0.3 is 5.97 Å². The minimum absolute atomic E-state index is 0.138. The van der Waals surface area contributed by atoms with Crippen molar-refractivity contribution in [1.29, 1.82) is 0 Å². The van der Waals surface area contributed by atoms with Gasteiger partial charge in [0, 0.05) is 17.0 Å². The van der Waals surface area contributed by atoms with Crippen LogP contribution in [-0.4, -0.2) is 50.8 Å². The van der Waals surface area contributed by atoms with Gasteiger partial charge in [-0.1, -0.05) is 48.5 Å². The molecule has 0 aliphatic carbocycles. The molecule has 0 aliphatic heterocycles. The van der Waals surface area contributed by atoms with Gasteiger partial charge in [-0.15, -0.1) is 11.8 Å². The molecule has 7 nitrogen and oxygen atoms in total. The second-order valence-corrected chi connectivity index (χ2v) is 8.46. The number of hydrogen-bond acceptors (Lipinski definition) is 7. The second-order valence-electron chi connectivity index (χ2n) is 7.44. The summed E-state index contributed by atoms with van der Waals surface area (Å²) < 4.78 is 15.8. The standard InChI is InChI=1S/C27H27NO6S/c1-32-23-13-12-19(16-24(23)33-2)14-15-28-26(30)18-35-25-11-7-6-10-21(25)27(31)34-17-22(29)20-8-4-3-5-9-20/h3-13,16H,14-15,17-18H2,1-2H3,(H,28,30). The molecule has 0 unspecified atom stereocenters. The van der Waals surface area contributed by atoms with Crippen molar-refractivity contribution in [1.82, 2.24) is 5.32 Å². The maximum atomic E-state index is 12.6. The molecule has 0 aliphatic rings. The summed E-state index contributed by atoms with van der Waals surface area (Å²) >= 11 is 1.24. The van der Waals surface area contributed by atoms with Crippen molar-refractivity contribution in [3.05, 3.63) is 89.5 Å². The first kappa shape index (κ1) is 25.8. The average Bonchev–Trinajstić information content (AvgIpc) is 2.90. The molecule has 1 amide bonds. The van der Waals surface area contributed by atoms with E-state index in [0.717, 1.165) is 5.56 Å². The van der Waals surface area contributed by atoms with Gasteiger partial charge in [0.25, 0.3) is 0 Å². The molecular formula is C27H27NO6S. The molecule has 8 heteroatoms. The van der Waals surface area contributed by atoms with E-state index in [2.05, 4.69) is 5.32 Å². The van der Waals surface area contributed by atoms with E-state index in [1.54, 1.807) is 62.8 Å². The van der Waals surface area contributed by atoms with Crippen LogP contribution < -0.4 is 14.8 Å². The number of methoxy groups -OCH3 is 2. The monoisotopic (exact) mass is 493 g/mol. The number of ketones is 1. The highest BCUT2D eigenvalue weighted by atomic mass is 32.2. The van der Waals surface area contributed by atoms with E-state index < -0.39 is 5.97 Å². The Kier molecular flexibility index (Phi) is 9.74. The number of carbonyl (C=O) groups is 3. The fourth-order valence-corrected chi connectivity index (χ4v) is 4.12. The Morgan fingerprint density at radius 1 is 0.857 bits per heavy atom. The van der Waals surface area contributed by atoms with E-state index in [0.29, 0.717) is 40.5 Å². The molecule has 3 rings (SSSR count). The lowest BCUT2D eigenvalue weighted by atomic mass is 10.1. The molecule has 0 aromatic heterocycles. The van der Waals surface area contributed by atoms with Crippen LogP contribution in [-0.2, 0) is 16.0 Å². The largest absolute Gasteiger partial charge is 0.493 e. The smallest absolute Gasteiger partial charge is 0.339 e. The summed E-state index contributed by atoms with van der Waals surface area (Å²) in [5.41, 5.74) is 1.80. The second kappa shape index (κ2) is 13.2. The summed E-state index contributed by atoms with van der Waals surface area (Å²) in [6.07, 6.45) is 0.634. The normalized spacial score (nSPS) is 10.3. The van der Waals surface area contributed by atoms with Gasteiger partial charge in [-0.05, 0) is 36.2 Å². The highest BCUT2D eigenvalue weighted by Crippen LogP contribution is 2.27. The first-order valence-corrected chi connectivity index (χ1v) is 11.9. The van der Waals surface area contributed by atoms with Crippen molar-refractivity contribution in [2.75, 3.05) is 33.1 Å². The lowest BCUT2D eigenvalue weighted by Gasteiger charge is -2.11. The third kappa shape index (κ3) is 7.61. The summed E-state index contributed by atoms with van der Waals surface area (Å²) in [6.45, 7) is 0.110. The van der Waals surface area contributed by atoms with E-state index in [9.17, 15) is 14.4 Å². The van der Waals surface area contributed by atoms with Gasteiger partial charge in [-0.3, -0.25) is 9.59 Å². The Morgan fingerprint density at radius 2 is 1.57 bits per heavy atom. The Balaban J connectivity index is 1.48. The van der Waals surface area contributed by atoms with Crippen LogP contribution in [0.25, 0.3) is 0 Å². The predicted molar refractivity (Wildman–Crippen MR) is 134 cm³/mol. The predicted octanol–water partition coefficient (Wildman–Crippen LogP) is 4.19.